The van der Waals surface area contributed by atoms with Gasteiger partial charge in [-0.05, 0) is 72.0 Å². The number of imidazole rings is 1. The van der Waals surface area contributed by atoms with Gasteiger partial charge in [0.25, 0.3) is 0 Å². The van der Waals surface area contributed by atoms with E-state index in [-0.39, 0.29) is 0 Å². The van der Waals surface area contributed by atoms with E-state index in [1.807, 2.05) is 47.9 Å². The van der Waals surface area contributed by atoms with Crippen LogP contribution < -0.4 is 15.8 Å². The van der Waals surface area contributed by atoms with Crippen molar-refractivity contribution in [1.29, 1.82) is 0 Å². The molecule has 202 valence electrons. The summed E-state index contributed by atoms with van der Waals surface area (Å²) in [5, 5.41) is 5.52. The molecule has 3 heterocycles. The van der Waals surface area contributed by atoms with Gasteiger partial charge < -0.3 is 11.1 Å². The fourth-order valence-electron chi connectivity index (χ4n) is 5.12. The number of anilines is 1. The maximum atomic E-state index is 6.30. The van der Waals surface area contributed by atoms with Crippen LogP contribution in [0.15, 0.2) is 97.0 Å². The number of nitrogens with two attached hydrogens (primary N) is 1. The van der Waals surface area contributed by atoms with Gasteiger partial charge in [0.2, 0.25) is 0 Å². The van der Waals surface area contributed by atoms with E-state index in [0.717, 1.165) is 59.1 Å². The second-order valence-corrected chi connectivity index (χ2v) is 11.2. The largest absolute Gasteiger partial charge is 0.383 e. The smallest absolute Gasteiger partial charge is 0.165 e. The third-order valence-corrected chi connectivity index (χ3v) is 8.10. The van der Waals surface area contributed by atoms with Crippen LogP contribution in [0.1, 0.15) is 24.8 Å². The molecule has 0 aliphatic heterocycles. The first kappa shape index (κ1) is 26.3. The molecule has 0 saturated heterocycles. The quantitative estimate of drug-likeness (QED) is 0.123. The van der Waals surface area contributed by atoms with Gasteiger partial charge in [-0.2, -0.15) is 0 Å². The Kier molecular flexibility index (Phi) is 7.64. The fraction of sp³-hybridized carbons (Fsp3) is 0.219. The zero-order valence-corrected chi connectivity index (χ0v) is 23.2. The second kappa shape index (κ2) is 11.6. The number of nitrogens with zero attached hydrogens (tertiary/aromatic N) is 4. The molecule has 7 nitrogen and oxygen atoms in total. The lowest BCUT2D eigenvalue weighted by Crippen LogP contribution is -2.25. The molecule has 40 heavy (non-hydrogen) atoms. The van der Waals surface area contributed by atoms with Gasteiger partial charge in [0.1, 0.15) is 11.3 Å². The van der Waals surface area contributed by atoms with E-state index in [9.17, 15) is 0 Å². The average molecular weight is 548 g/mol. The lowest BCUT2D eigenvalue weighted by Gasteiger charge is -2.16. The summed E-state index contributed by atoms with van der Waals surface area (Å²) >= 11 is 1.57. The minimum Gasteiger partial charge on any atom is -0.383 e. The Bertz CT molecular complexity index is 1610. The van der Waals surface area contributed by atoms with Gasteiger partial charge in [0.05, 0.1) is 11.3 Å². The van der Waals surface area contributed by atoms with Gasteiger partial charge in [0, 0.05) is 37.1 Å². The predicted molar refractivity (Wildman–Crippen MR) is 166 cm³/mol. The van der Waals surface area contributed by atoms with E-state index in [4.69, 9.17) is 15.7 Å². The van der Waals surface area contributed by atoms with Crippen molar-refractivity contribution in [3.63, 3.8) is 0 Å². The van der Waals surface area contributed by atoms with Crippen molar-refractivity contribution in [3.8, 4) is 28.3 Å². The van der Waals surface area contributed by atoms with Crippen LogP contribution in [-0.4, -0.2) is 32.6 Å². The minimum absolute atomic E-state index is 0.436. The Labute approximate surface area is 239 Å². The van der Waals surface area contributed by atoms with Crippen LogP contribution in [0.3, 0.4) is 0 Å². The predicted octanol–water partition coefficient (Wildman–Crippen LogP) is 6.37. The summed E-state index contributed by atoms with van der Waals surface area (Å²) in [6.07, 6.45) is 5.48. The first-order chi connectivity index (χ1) is 19.7. The number of pyridine rings is 2. The third kappa shape index (κ3) is 5.65. The molecule has 4 N–H and O–H groups in total. The molecule has 0 amide bonds. The van der Waals surface area contributed by atoms with Crippen LogP contribution in [0, 0.1) is 5.41 Å². The maximum absolute atomic E-state index is 6.30. The Morgan fingerprint density at radius 2 is 1.80 bits per heavy atom. The standard InChI is InChI=1S/C32H33N7S/c1-2-40-36-20-18-32(16-17-32)22-34-21-23-10-12-25(13-11-23)39-30(26-9-6-19-35-29(26)33)38-28-15-14-27(37-31(28)39)24-7-4-3-5-8-24/h2-15,19,34,36H,1,16-18,20-22H2,(H2,33,35). The first-order valence-electron chi connectivity index (χ1n) is 13.6. The van der Waals surface area contributed by atoms with E-state index >= 15 is 0 Å². The van der Waals surface area contributed by atoms with Crippen LogP contribution in [0.5, 0.6) is 0 Å². The number of hydrogen-bond donors (Lipinski definition) is 3. The molecule has 0 bridgehead atoms. The molecule has 0 atom stereocenters. The van der Waals surface area contributed by atoms with E-state index in [1.54, 1.807) is 18.1 Å². The molecular weight excluding hydrogens is 514 g/mol. The molecule has 1 aliphatic rings. The average Bonchev–Trinajstić information content (AvgIpc) is 3.66. The number of rotatable bonds is 12. The van der Waals surface area contributed by atoms with E-state index in [0.29, 0.717) is 11.2 Å². The highest BCUT2D eigenvalue weighted by Crippen LogP contribution is 2.48. The summed E-state index contributed by atoms with van der Waals surface area (Å²) < 4.78 is 5.43. The van der Waals surface area contributed by atoms with Gasteiger partial charge in [-0.25, -0.2) is 15.0 Å². The van der Waals surface area contributed by atoms with Crippen molar-refractivity contribution in [2.45, 2.75) is 25.8 Å². The second-order valence-electron chi connectivity index (χ2n) is 10.3. The highest BCUT2D eigenvalue weighted by molar-refractivity contribution is 8.00. The Morgan fingerprint density at radius 1 is 0.975 bits per heavy atom. The zero-order chi connectivity index (χ0) is 27.4. The van der Waals surface area contributed by atoms with Crippen molar-refractivity contribution >= 4 is 28.9 Å². The number of hydrogen-bond acceptors (Lipinski definition) is 7. The molecule has 5 aromatic rings. The molecule has 6 rings (SSSR count). The molecule has 1 saturated carbocycles. The summed E-state index contributed by atoms with van der Waals surface area (Å²) in [7, 11) is 0. The van der Waals surface area contributed by atoms with Crippen molar-refractivity contribution in [2.24, 2.45) is 5.41 Å². The molecule has 1 aliphatic carbocycles. The number of aromatic nitrogens is 4. The SMILES string of the molecule is C=CSNCCC1(CNCc2ccc(-n3c(-c4cccnc4N)nc4ccc(-c5ccccc5)nc43)cc2)CC1. The highest BCUT2D eigenvalue weighted by atomic mass is 32.2. The van der Waals surface area contributed by atoms with Crippen molar-refractivity contribution in [1.82, 2.24) is 29.6 Å². The summed E-state index contributed by atoms with van der Waals surface area (Å²) in [5.41, 5.74) is 13.3. The van der Waals surface area contributed by atoms with Crippen LogP contribution in [0.4, 0.5) is 5.82 Å². The van der Waals surface area contributed by atoms with Crippen LogP contribution in [-0.2, 0) is 6.54 Å². The van der Waals surface area contributed by atoms with Crippen molar-refractivity contribution in [3.05, 3.63) is 103 Å². The van der Waals surface area contributed by atoms with Gasteiger partial charge >= 0.3 is 0 Å². The molecule has 8 heteroatoms. The number of nitrogen functional groups attached to an aromatic ring is 1. The Hall–Kier alpha value is -3.98. The monoisotopic (exact) mass is 547 g/mol. The zero-order valence-electron chi connectivity index (χ0n) is 22.4. The van der Waals surface area contributed by atoms with Gasteiger partial charge in [-0.1, -0.05) is 61.0 Å². The summed E-state index contributed by atoms with van der Waals surface area (Å²) in [5.74, 6) is 1.17. The lowest BCUT2D eigenvalue weighted by atomic mass is 10.0. The van der Waals surface area contributed by atoms with Crippen molar-refractivity contribution in [2.75, 3.05) is 18.8 Å². The molecule has 1 fully saturated rings. The number of benzene rings is 2. The topological polar surface area (TPSA) is 93.7 Å². The van der Waals surface area contributed by atoms with Gasteiger partial charge in [-0.15, -0.1) is 0 Å². The van der Waals surface area contributed by atoms with Crippen LogP contribution in [0.25, 0.3) is 39.5 Å². The molecular formula is C32H33N7S. The van der Waals surface area contributed by atoms with Crippen molar-refractivity contribution < 1.29 is 0 Å². The van der Waals surface area contributed by atoms with Crippen LogP contribution >= 0.6 is 11.9 Å². The normalized spacial score (nSPS) is 13.9. The minimum atomic E-state index is 0.436. The maximum Gasteiger partial charge on any atom is 0.165 e. The Balaban J connectivity index is 1.27. The number of nitrogens with one attached hydrogen (secondary N) is 2. The summed E-state index contributed by atoms with van der Waals surface area (Å²) in [6, 6.07) is 26.7. The molecule has 3 aromatic heterocycles. The van der Waals surface area contributed by atoms with E-state index < -0.39 is 0 Å². The molecule has 0 spiro atoms. The summed E-state index contributed by atoms with van der Waals surface area (Å²) in [6.45, 7) is 6.63. The van der Waals surface area contributed by atoms with Crippen LogP contribution in [0.2, 0.25) is 0 Å². The fourth-order valence-corrected chi connectivity index (χ4v) is 5.46. The highest BCUT2D eigenvalue weighted by Gasteiger charge is 2.41. The Morgan fingerprint density at radius 3 is 2.55 bits per heavy atom. The van der Waals surface area contributed by atoms with E-state index in [1.165, 1.54) is 24.8 Å². The molecule has 2 aromatic carbocycles. The molecule has 0 unspecified atom stereocenters. The summed E-state index contributed by atoms with van der Waals surface area (Å²) in [4.78, 5) is 14.3. The van der Waals surface area contributed by atoms with Gasteiger partial charge in [-0.3, -0.25) is 9.29 Å². The first-order valence-corrected chi connectivity index (χ1v) is 14.5. The third-order valence-electron chi connectivity index (χ3n) is 7.56. The molecule has 0 radical (unpaired) electrons. The van der Waals surface area contributed by atoms with E-state index in [2.05, 4.69) is 62.6 Å². The number of fused-ring (bicyclic) bond motifs is 1. The van der Waals surface area contributed by atoms with Gasteiger partial charge in [0.15, 0.2) is 11.5 Å². The lowest BCUT2D eigenvalue weighted by molar-refractivity contribution is 0.427.